The quantitative estimate of drug-likeness (QED) is 0.0200. The number of carbonyl (C=O) groups excluding carboxylic acids is 8. The number of nitriles is 1. The highest BCUT2D eigenvalue weighted by atomic mass is 32.2. The van der Waals surface area contributed by atoms with Crippen LogP contribution in [0.2, 0.25) is 0 Å². The lowest BCUT2D eigenvalue weighted by Gasteiger charge is -2.26. The number of benzene rings is 3. The predicted molar refractivity (Wildman–Crippen MR) is 255 cm³/mol. The van der Waals surface area contributed by atoms with E-state index in [1.165, 1.54) is 12.1 Å². The molecule has 3 aromatic rings. The summed E-state index contributed by atoms with van der Waals surface area (Å²) in [6, 6.07) is 17.7. The van der Waals surface area contributed by atoms with Crippen molar-refractivity contribution in [3.05, 3.63) is 118 Å². The number of ether oxygens (including phenoxy) is 8. The molecule has 0 bridgehead atoms. The summed E-state index contributed by atoms with van der Waals surface area (Å²) >= 11 is 2.12. The molecule has 20 heteroatoms. The van der Waals surface area contributed by atoms with Crippen LogP contribution in [0.3, 0.4) is 0 Å². The fourth-order valence-corrected chi connectivity index (χ4v) is 10.2. The molecule has 2 fully saturated rings. The normalized spacial score (nSPS) is 17.7. The highest BCUT2D eigenvalue weighted by molar-refractivity contribution is 8.24. The lowest BCUT2D eigenvalue weighted by Crippen LogP contribution is -2.30. The summed E-state index contributed by atoms with van der Waals surface area (Å²) in [6.07, 6.45) is 4.79. The standard InChI is InChI=1S/C52H48N2O16S2/c1-4-42(55)63-24-26-65-44(57)28-31-6-18-37(19-7-31)67-48(59)33-10-14-35(15-11-33)50(61)69-40-22-23-41(47-46(40)71-52(72-47)39(30-53)54-3)70-51(62)36-16-12-34(13-17-36)49(60)68-38-20-8-32(9-21-38)29-45(58)66-27-25-64-43(56)5-2/h4-9,18-23,33-36H,1-2,10-17,24-29H2. The van der Waals surface area contributed by atoms with Gasteiger partial charge in [-0.15, -0.1) is 0 Å². The summed E-state index contributed by atoms with van der Waals surface area (Å²) in [5, 5.41) is 9.66. The molecular formula is C52H48N2O16S2. The van der Waals surface area contributed by atoms with E-state index in [9.17, 15) is 43.6 Å². The molecule has 0 spiro atoms. The minimum Gasteiger partial charge on any atom is -0.462 e. The van der Waals surface area contributed by atoms with Crippen LogP contribution < -0.4 is 18.9 Å². The van der Waals surface area contributed by atoms with Crippen LogP contribution in [0.1, 0.15) is 62.5 Å². The lowest BCUT2D eigenvalue weighted by molar-refractivity contribution is -0.149. The van der Waals surface area contributed by atoms with E-state index < -0.39 is 71.4 Å². The van der Waals surface area contributed by atoms with E-state index in [0.717, 1.165) is 35.7 Å². The van der Waals surface area contributed by atoms with Gasteiger partial charge in [0, 0.05) is 12.2 Å². The van der Waals surface area contributed by atoms with Gasteiger partial charge in [0.25, 0.3) is 5.70 Å². The van der Waals surface area contributed by atoms with Gasteiger partial charge < -0.3 is 37.9 Å². The van der Waals surface area contributed by atoms with Crippen molar-refractivity contribution < 1.29 is 76.3 Å². The molecule has 374 valence electrons. The zero-order chi connectivity index (χ0) is 51.6. The molecule has 3 aromatic carbocycles. The summed E-state index contributed by atoms with van der Waals surface area (Å²) < 4.78 is 43.0. The molecule has 2 aliphatic carbocycles. The average Bonchev–Trinajstić information content (AvgIpc) is 3.84. The highest BCUT2D eigenvalue weighted by Gasteiger charge is 2.36. The first kappa shape index (κ1) is 53.7. The van der Waals surface area contributed by atoms with Crippen LogP contribution in [0.5, 0.6) is 23.0 Å². The molecule has 0 radical (unpaired) electrons. The summed E-state index contributed by atoms with van der Waals surface area (Å²) in [5.74, 6) is -5.35. The minimum atomic E-state index is -0.620. The molecule has 3 aliphatic rings. The maximum Gasteiger partial charge on any atom is 0.330 e. The molecule has 0 aromatic heterocycles. The Balaban J connectivity index is 0.964. The molecule has 0 N–H and O–H groups in total. The monoisotopic (exact) mass is 1020 g/mol. The number of esters is 8. The van der Waals surface area contributed by atoms with E-state index in [4.69, 9.17) is 44.5 Å². The third kappa shape index (κ3) is 15.4. The Kier molecular flexibility index (Phi) is 19.8. The Morgan fingerprint density at radius 2 is 0.875 bits per heavy atom. The molecule has 72 heavy (non-hydrogen) atoms. The third-order valence-corrected chi connectivity index (χ3v) is 14.2. The summed E-state index contributed by atoms with van der Waals surface area (Å²) in [6.45, 7) is 13.7. The largest absolute Gasteiger partial charge is 0.462 e. The fourth-order valence-electron chi connectivity index (χ4n) is 7.71. The Morgan fingerprint density at radius 3 is 1.19 bits per heavy atom. The van der Waals surface area contributed by atoms with Crippen LogP contribution in [0.15, 0.2) is 106 Å². The van der Waals surface area contributed by atoms with Gasteiger partial charge in [0.2, 0.25) is 0 Å². The molecule has 2 saturated carbocycles. The van der Waals surface area contributed by atoms with Crippen LogP contribution >= 0.6 is 23.5 Å². The van der Waals surface area contributed by atoms with Gasteiger partial charge in [-0.05, 0) is 98.9 Å². The number of carbonyl (C=O) groups is 8. The molecule has 18 nitrogen and oxygen atoms in total. The maximum absolute atomic E-state index is 13.6. The molecule has 0 saturated heterocycles. The molecule has 0 amide bonds. The van der Waals surface area contributed by atoms with Crippen molar-refractivity contribution in [2.45, 2.75) is 74.0 Å². The molecule has 0 unspecified atom stereocenters. The second-order valence-electron chi connectivity index (χ2n) is 16.4. The summed E-state index contributed by atoms with van der Waals surface area (Å²) in [7, 11) is 0. The minimum absolute atomic E-state index is 0.0418. The Hall–Kier alpha value is -7.68. The van der Waals surface area contributed by atoms with E-state index in [0.29, 0.717) is 76.5 Å². The van der Waals surface area contributed by atoms with E-state index in [1.807, 2.05) is 6.07 Å². The number of thioether (sulfide) groups is 2. The lowest BCUT2D eigenvalue weighted by atomic mass is 9.82. The molecule has 6 rings (SSSR count). The Bertz CT molecular complexity index is 2510. The molecule has 1 heterocycles. The first-order valence-electron chi connectivity index (χ1n) is 22.8. The first-order valence-corrected chi connectivity index (χ1v) is 24.4. The topological polar surface area (TPSA) is 239 Å². The number of hydrogen-bond acceptors (Lipinski definition) is 19. The molecule has 1 aliphatic heterocycles. The van der Waals surface area contributed by atoms with Gasteiger partial charge in [0.15, 0.2) is 0 Å². The van der Waals surface area contributed by atoms with E-state index in [1.54, 1.807) is 48.5 Å². The molecular weight excluding hydrogens is 973 g/mol. The van der Waals surface area contributed by atoms with Crippen LogP contribution in [-0.2, 0) is 70.1 Å². The average molecular weight is 1020 g/mol. The maximum atomic E-state index is 13.6. The van der Waals surface area contributed by atoms with Crippen molar-refractivity contribution in [3.8, 4) is 29.1 Å². The van der Waals surface area contributed by atoms with Crippen LogP contribution in [-0.4, -0.2) is 74.2 Å². The van der Waals surface area contributed by atoms with Crippen LogP contribution in [0, 0.1) is 41.6 Å². The van der Waals surface area contributed by atoms with E-state index in [-0.39, 0.29) is 68.0 Å². The van der Waals surface area contributed by atoms with E-state index in [2.05, 4.69) is 18.0 Å². The smallest absolute Gasteiger partial charge is 0.330 e. The summed E-state index contributed by atoms with van der Waals surface area (Å²) in [5.41, 5.74) is 1.06. The number of nitrogens with zero attached hydrogens (tertiary/aromatic N) is 2. The second kappa shape index (κ2) is 26.5. The van der Waals surface area contributed by atoms with Gasteiger partial charge in [-0.1, -0.05) is 60.9 Å². The number of hydrogen-bond donors (Lipinski definition) is 0. The van der Waals surface area contributed by atoms with Crippen LogP contribution in [0.4, 0.5) is 0 Å². The van der Waals surface area contributed by atoms with Crippen molar-refractivity contribution in [2.75, 3.05) is 26.4 Å². The number of rotatable bonds is 20. The number of fused-ring (bicyclic) bond motifs is 1. The SMILES string of the molecule is [C-]#[N+]C(C#N)=C1Sc2c(OC(=O)C3CCC(C(=O)Oc4ccc(CC(=O)OCCOC(=O)C=C)cc4)CC3)ccc(OC(=O)C3CCC(C(=O)Oc4ccc(CC(=O)OCCOC(=O)C=C)cc4)CC3)c2S1. The second-order valence-corrected chi connectivity index (χ2v) is 18.7. The Morgan fingerprint density at radius 1 is 0.542 bits per heavy atom. The predicted octanol–water partition coefficient (Wildman–Crippen LogP) is 7.76. The zero-order valence-corrected chi connectivity index (χ0v) is 40.4. The molecule has 0 atom stereocenters. The van der Waals surface area contributed by atoms with Gasteiger partial charge in [-0.2, -0.15) is 0 Å². The number of allylic oxidation sites excluding steroid dienone is 1. The van der Waals surface area contributed by atoms with Crippen molar-refractivity contribution in [3.63, 3.8) is 0 Å². The fraction of sp³-hybridized carbons (Fsp3) is 0.346. The highest BCUT2D eigenvalue weighted by Crippen LogP contribution is 2.59. The third-order valence-electron chi connectivity index (χ3n) is 11.5. The van der Waals surface area contributed by atoms with Crippen molar-refractivity contribution in [1.29, 1.82) is 5.26 Å². The van der Waals surface area contributed by atoms with Crippen molar-refractivity contribution >= 4 is 71.3 Å². The van der Waals surface area contributed by atoms with Gasteiger partial charge >= 0.3 is 47.8 Å². The summed E-state index contributed by atoms with van der Waals surface area (Å²) in [4.78, 5) is 104. The van der Waals surface area contributed by atoms with Gasteiger partial charge in [-0.3, -0.25) is 28.8 Å². The Labute approximate surface area is 422 Å². The van der Waals surface area contributed by atoms with Gasteiger partial charge in [-0.25, -0.2) is 19.7 Å². The van der Waals surface area contributed by atoms with Gasteiger partial charge in [0.1, 0.15) is 49.4 Å². The van der Waals surface area contributed by atoms with Crippen molar-refractivity contribution in [1.82, 2.24) is 0 Å². The van der Waals surface area contributed by atoms with Crippen molar-refractivity contribution in [2.24, 2.45) is 23.7 Å². The van der Waals surface area contributed by atoms with Gasteiger partial charge in [0.05, 0.1) is 63.2 Å². The van der Waals surface area contributed by atoms with Crippen LogP contribution in [0.25, 0.3) is 4.85 Å². The van der Waals surface area contributed by atoms with E-state index >= 15 is 0 Å². The first-order chi connectivity index (χ1) is 34.8. The zero-order valence-electron chi connectivity index (χ0n) is 38.8.